The normalized spacial score (nSPS) is 10.5. The molecular formula is C18H18O4. The Bertz CT molecular complexity index is 689. The second-order valence-electron chi connectivity index (χ2n) is 4.51. The van der Waals surface area contributed by atoms with Crippen molar-refractivity contribution < 1.29 is 19.0 Å². The van der Waals surface area contributed by atoms with Crippen molar-refractivity contribution in [2.45, 2.75) is 0 Å². The standard InChI is InChI=1S/C18H18O4/c1-20-14-9-11-17(21-2)13(12-14)8-10-16(19)15-6-4-5-7-18(15)22-3/h4-12H,1-3H3/b10-8+. The van der Waals surface area contributed by atoms with Crippen LogP contribution in [-0.2, 0) is 0 Å². The van der Waals surface area contributed by atoms with E-state index in [0.717, 1.165) is 5.56 Å². The molecule has 22 heavy (non-hydrogen) atoms. The fourth-order valence-electron chi connectivity index (χ4n) is 2.07. The minimum atomic E-state index is -0.137. The van der Waals surface area contributed by atoms with Crippen LogP contribution >= 0.6 is 0 Å². The molecule has 2 aromatic rings. The van der Waals surface area contributed by atoms with Crippen molar-refractivity contribution >= 4 is 11.9 Å². The number of benzene rings is 2. The predicted molar refractivity (Wildman–Crippen MR) is 85.9 cm³/mol. The summed E-state index contributed by atoms with van der Waals surface area (Å²) in [5.41, 5.74) is 1.29. The summed E-state index contributed by atoms with van der Waals surface area (Å²) in [6, 6.07) is 12.5. The molecule has 0 aliphatic rings. The molecule has 0 amide bonds. The number of carbonyl (C=O) groups is 1. The van der Waals surface area contributed by atoms with Gasteiger partial charge in [-0.05, 0) is 42.5 Å². The topological polar surface area (TPSA) is 44.8 Å². The Kier molecular flexibility index (Phi) is 5.20. The highest BCUT2D eigenvalue weighted by Gasteiger charge is 2.09. The second kappa shape index (κ2) is 7.31. The van der Waals surface area contributed by atoms with Gasteiger partial charge < -0.3 is 14.2 Å². The van der Waals surface area contributed by atoms with Crippen LogP contribution in [0, 0.1) is 0 Å². The van der Waals surface area contributed by atoms with Gasteiger partial charge in [-0.1, -0.05) is 12.1 Å². The van der Waals surface area contributed by atoms with E-state index >= 15 is 0 Å². The number of hydrogen-bond donors (Lipinski definition) is 0. The van der Waals surface area contributed by atoms with Gasteiger partial charge in [0.15, 0.2) is 5.78 Å². The third kappa shape index (κ3) is 3.47. The zero-order valence-electron chi connectivity index (χ0n) is 12.8. The van der Waals surface area contributed by atoms with E-state index in [9.17, 15) is 4.79 Å². The van der Waals surface area contributed by atoms with Crippen LogP contribution in [0.2, 0.25) is 0 Å². The average Bonchev–Trinajstić information content (AvgIpc) is 2.59. The van der Waals surface area contributed by atoms with Crippen LogP contribution in [0.25, 0.3) is 6.08 Å². The van der Waals surface area contributed by atoms with Gasteiger partial charge in [0.25, 0.3) is 0 Å². The minimum Gasteiger partial charge on any atom is -0.497 e. The number of allylic oxidation sites excluding steroid dienone is 1. The molecule has 0 heterocycles. The van der Waals surface area contributed by atoms with Gasteiger partial charge in [-0.25, -0.2) is 0 Å². The van der Waals surface area contributed by atoms with Crippen molar-refractivity contribution in [1.29, 1.82) is 0 Å². The first-order valence-corrected chi connectivity index (χ1v) is 6.77. The minimum absolute atomic E-state index is 0.137. The van der Waals surface area contributed by atoms with Crippen LogP contribution in [0.4, 0.5) is 0 Å². The Morgan fingerprint density at radius 3 is 2.32 bits per heavy atom. The van der Waals surface area contributed by atoms with Crippen LogP contribution in [0.15, 0.2) is 48.5 Å². The summed E-state index contributed by atoms with van der Waals surface area (Å²) in [5, 5.41) is 0. The van der Waals surface area contributed by atoms with Gasteiger partial charge in [0.2, 0.25) is 0 Å². The number of hydrogen-bond acceptors (Lipinski definition) is 4. The molecule has 0 aliphatic heterocycles. The monoisotopic (exact) mass is 298 g/mol. The van der Waals surface area contributed by atoms with Crippen molar-refractivity contribution in [2.75, 3.05) is 21.3 Å². The Hall–Kier alpha value is -2.75. The van der Waals surface area contributed by atoms with Crippen molar-refractivity contribution in [3.05, 3.63) is 59.7 Å². The molecule has 114 valence electrons. The summed E-state index contributed by atoms with van der Waals surface area (Å²) in [6.45, 7) is 0. The summed E-state index contributed by atoms with van der Waals surface area (Å²) >= 11 is 0. The van der Waals surface area contributed by atoms with E-state index in [0.29, 0.717) is 22.8 Å². The van der Waals surface area contributed by atoms with Crippen LogP contribution in [-0.4, -0.2) is 27.1 Å². The van der Waals surface area contributed by atoms with E-state index in [1.807, 2.05) is 12.1 Å². The lowest BCUT2D eigenvalue weighted by Crippen LogP contribution is -1.98. The number of para-hydroxylation sites is 1. The Morgan fingerprint density at radius 2 is 1.64 bits per heavy atom. The lowest BCUT2D eigenvalue weighted by molar-refractivity contribution is 0.104. The molecule has 0 saturated heterocycles. The SMILES string of the molecule is COc1ccc(OC)c(/C=C/C(=O)c2ccccc2OC)c1. The molecule has 0 aliphatic carbocycles. The van der Waals surface area contributed by atoms with Crippen LogP contribution < -0.4 is 14.2 Å². The number of methoxy groups -OCH3 is 3. The van der Waals surface area contributed by atoms with Crippen LogP contribution in [0.5, 0.6) is 17.2 Å². The number of ketones is 1. The molecule has 2 aromatic carbocycles. The van der Waals surface area contributed by atoms with Gasteiger partial charge in [0.1, 0.15) is 17.2 Å². The second-order valence-corrected chi connectivity index (χ2v) is 4.51. The first-order chi connectivity index (χ1) is 10.7. The van der Waals surface area contributed by atoms with Crippen molar-refractivity contribution in [2.24, 2.45) is 0 Å². The fraction of sp³-hybridized carbons (Fsp3) is 0.167. The van der Waals surface area contributed by atoms with Crippen molar-refractivity contribution in [3.8, 4) is 17.2 Å². The first kappa shape index (κ1) is 15.6. The number of carbonyl (C=O) groups excluding carboxylic acids is 1. The predicted octanol–water partition coefficient (Wildman–Crippen LogP) is 3.61. The highest BCUT2D eigenvalue weighted by Crippen LogP contribution is 2.26. The van der Waals surface area contributed by atoms with E-state index < -0.39 is 0 Å². The van der Waals surface area contributed by atoms with E-state index in [1.54, 1.807) is 57.7 Å². The molecule has 0 radical (unpaired) electrons. The summed E-state index contributed by atoms with van der Waals surface area (Å²) < 4.78 is 15.7. The lowest BCUT2D eigenvalue weighted by atomic mass is 10.1. The maximum absolute atomic E-state index is 12.3. The Labute approximate surface area is 129 Å². The smallest absolute Gasteiger partial charge is 0.189 e. The maximum atomic E-state index is 12.3. The van der Waals surface area contributed by atoms with E-state index in [4.69, 9.17) is 14.2 Å². The van der Waals surface area contributed by atoms with Gasteiger partial charge in [-0.15, -0.1) is 0 Å². The summed E-state index contributed by atoms with van der Waals surface area (Å²) in [7, 11) is 4.72. The van der Waals surface area contributed by atoms with Gasteiger partial charge in [-0.3, -0.25) is 4.79 Å². The largest absolute Gasteiger partial charge is 0.497 e. The number of rotatable bonds is 6. The molecule has 4 heteroatoms. The van der Waals surface area contributed by atoms with Gasteiger partial charge in [-0.2, -0.15) is 0 Å². The molecule has 2 rings (SSSR count). The zero-order chi connectivity index (χ0) is 15.9. The average molecular weight is 298 g/mol. The zero-order valence-corrected chi connectivity index (χ0v) is 12.8. The highest BCUT2D eigenvalue weighted by atomic mass is 16.5. The summed E-state index contributed by atoms with van der Waals surface area (Å²) in [5.74, 6) is 1.78. The molecule has 0 atom stereocenters. The molecule has 0 bridgehead atoms. The molecule has 0 fully saturated rings. The molecular weight excluding hydrogens is 280 g/mol. The third-order valence-corrected chi connectivity index (χ3v) is 3.22. The van der Waals surface area contributed by atoms with Gasteiger partial charge in [0.05, 0.1) is 26.9 Å². The van der Waals surface area contributed by atoms with Crippen LogP contribution in [0.1, 0.15) is 15.9 Å². The maximum Gasteiger partial charge on any atom is 0.189 e. The van der Waals surface area contributed by atoms with E-state index in [-0.39, 0.29) is 5.78 Å². The molecule has 4 nitrogen and oxygen atoms in total. The summed E-state index contributed by atoms with van der Waals surface area (Å²) in [6.07, 6.45) is 3.20. The van der Waals surface area contributed by atoms with Crippen molar-refractivity contribution in [3.63, 3.8) is 0 Å². The van der Waals surface area contributed by atoms with Gasteiger partial charge >= 0.3 is 0 Å². The Balaban J connectivity index is 2.29. The lowest BCUT2D eigenvalue weighted by Gasteiger charge is -2.07. The van der Waals surface area contributed by atoms with Gasteiger partial charge in [0, 0.05) is 5.56 Å². The molecule has 0 saturated carbocycles. The molecule has 0 N–H and O–H groups in total. The van der Waals surface area contributed by atoms with E-state index in [1.165, 1.54) is 6.08 Å². The summed E-state index contributed by atoms with van der Waals surface area (Å²) in [4.78, 5) is 12.3. The molecule has 0 unspecified atom stereocenters. The molecule has 0 spiro atoms. The van der Waals surface area contributed by atoms with E-state index in [2.05, 4.69) is 0 Å². The molecule has 0 aromatic heterocycles. The highest BCUT2D eigenvalue weighted by molar-refractivity contribution is 6.08. The third-order valence-electron chi connectivity index (χ3n) is 3.22. The van der Waals surface area contributed by atoms with Crippen LogP contribution in [0.3, 0.4) is 0 Å². The fourth-order valence-corrected chi connectivity index (χ4v) is 2.07. The van der Waals surface area contributed by atoms with Crippen molar-refractivity contribution in [1.82, 2.24) is 0 Å². The number of ether oxygens (including phenoxy) is 3. The Morgan fingerprint density at radius 1 is 0.909 bits per heavy atom. The quantitative estimate of drug-likeness (QED) is 0.603. The first-order valence-electron chi connectivity index (χ1n) is 6.77.